The molecule has 1 aliphatic rings. The van der Waals surface area contributed by atoms with Crippen LogP contribution in [0.4, 0.5) is 0 Å². The van der Waals surface area contributed by atoms with E-state index in [-0.39, 0.29) is 6.10 Å². The predicted molar refractivity (Wildman–Crippen MR) is 64.3 cm³/mol. The molecule has 1 heterocycles. The molecule has 16 heavy (non-hydrogen) atoms. The van der Waals surface area contributed by atoms with Crippen LogP contribution in [-0.4, -0.2) is 12.7 Å². The summed E-state index contributed by atoms with van der Waals surface area (Å²) >= 11 is 0. The van der Waals surface area contributed by atoms with Gasteiger partial charge in [-0.25, -0.2) is 0 Å². The van der Waals surface area contributed by atoms with Crippen LogP contribution in [0.25, 0.3) is 0 Å². The van der Waals surface area contributed by atoms with Gasteiger partial charge < -0.3 is 9.47 Å². The van der Waals surface area contributed by atoms with E-state index in [0.717, 1.165) is 18.4 Å². The second-order valence-corrected chi connectivity index (χ2v) is 4.46. The van der Waals surface area contributed by atoms with Crippen molar-refractivity contribution in [2.75, 3.05) is 6.61 Å². The highest BCUT2D eigenvalue weighted by Crippen LogP contribution is 2.34. The molecule has 2 heteroatoms. The van der Waals surface area contributed by atoms with Crippen molar-refractivity contribution in [3.63, 3.8) is 0 Å². The summed E-state index contributed by atoms with van der Waals surface area (Å²) in [5, 5.41) is 0. The van der Waals surface area contributed by atoms with E-state index < -0.39 is 5.79 Å². The smallest absolute Gasteiger partial charge is 0.192 e. The Bertz CT molecular complexity index is 362. The zero-order valence-corrected chi connectivity index (χ0v) is 10.3. The van der Waals surface area contributed by atoms with Crippen LogP contribution >= 0.6 is 0 Å². The Balaban J connectivity index is 2.22. The molecule has 1 saturated heterocycles. The third-order valence-corrected chi connectivity index (χ3v) is 3.25. The number of ether oxygens (including phenoxy) is 2. The molecule has 0 N–H and O–H groups in total. The number of rotatable bonds is 3. The van der Waals surface area contributed by atoms with E-state index in [0.29, 0.717) is 6.61 Å². The van der Waals surface area contributed by atoms with E-state index in [1.165, 1.54) is 5.56 Å². The van der Waals surface area contributed by atoms with Gasteiger partial charge in [0.1, 0.15) is 0 Å². The standard InChI is InChI=1S/C14H20O2/c1-4-11-7-6-8-12(9-11)14(3)15-10-13(5-2)16-14/h6-9,13H,4-5,10H2,1-3H3. The summed E-state index contributed by atoms with van der Waals surface area (Å²) in [4.78, 5) is 0. The highest BCUT2D eigenvalue weighted by molar-refractivity contribution is 5.27. The maximum absolute atomic E-state index is 5.96. The number of hydrogen-bond donors (Lipinski definition) is 0. The maximum Gasteiger partial charge on any atom is 0.192 e. The van der Waals surface area contributed by atoms with Gasteiger partial charge in [-0.2, -0.15) is 0 Å². The van der Waals surface area contributed by atoms with Gasteiger partial charge in [0.2, 0.25) is 0 Å². The average molecular weight is 220 g/mol. The predicted octanol–water partition coefficient (Wildman–Crippen LogP) is 3.25. The van der Waals surface area contributed by atoms with E-state index in [1.807, 2.05) is 6.92 Å². The van der Waals surface area contributed by atoms with Crippen LogP contribution in [-0.2, 0) is 21.7 Å². The fraction of sp³-hybridized carbons (Fsp3) is 0.571. The van der Waals surface area contributed by atoms with Crippen LogP contribution < -0.4 is 0 Å². The van der Waals surface area contributed by atoms with Crippen LogP contribution in [0.15, 0.2) is 24.3 Å². The average Bonchev–Trinajstić information content (AvgIpc) is 2.73. The van der Waals surface area contributed by atoms with Crippen LogP contribution in [0.1, 0.15) is 38.3 Å². The molecular weight excluding hydrogens is 200 g/mol. The van der Waals surface area contributed by atoms with Crippen molar-refractivity contribution in [1.82, 2.24) is 0 Å². The zero-order chi connectivity index (χ0) is 11.6. The molecule has 2 nitrogen and oxygen atoms in total. The lowest BCUT2D eigenvalue weighted by Gasteiger charge is -2.24. The van der Waals surface area contributed by atoms with E-state index in [1.54, 1.807) is 0 Å². The van der Waals surface area contributed by atoms with Gasteiger partial charge in [0.15, 0.2) is 5.79 Å². The van der Waals surface area contributed by atoms with Crippen LogP contribution in [0.5, 0.6) is 0 Å². The van der Waals surface area contributed by atoms with Crippen LogP contribution in [0.3, 0.4) is 0 Å². The second kappa shape index (κ2) is 4.56. The third-order valence-electron chi connectivity index (χ3n) is 3.25. The Morgan fingerprint density at radius 1 is 1.38 bits per heavy atom. The van der Waals surface area contributed by atoms with Gasteiger partial charge in [0, 0.05) is 5.56 Å². The first-order valence-electron chi connectivity index (χ1n) is 6.09. The molecule has 0 spiro atoms. The minimum atomic E-state index is -0.550. The van der Waals surface area contributed by atoms with Crippen molar-refractivity contribution in [1.29, 1.82) is 0 Å². The first kappa shape index (κ1) is 11.6. The van der Waals surface area contributed by atoms with E-state index >= 15 is 0 Å². The van der Waals surface area contributed by atoms with Gasteiger partial charge in [0.25, 0.3) is 0 Å². The Kier molecular flexibility index (Phi) is 3.31. The van der Waals surface area contributed by atoms with E-state index in [9.17, 15) is 0 Å². The van der Waals surface area contributed by atoms with Crippen molar-refractivity contribution in [2.24, 2.45) is 0 Å². The highest BCUT2D eigenvalue weighted by Gasteiger charge is 2.37. The molecule has 0 saturated carbocycles. The fourth-order valence-corrected chi connectivity index (χ4v) is 2.06. The lowest BCUT2D eigenvalue weighted by molar-refractivity contribution is -0.162. The summed E-state index contributed by atoms with van der Waals surface area (Å²) in [7, 11) is 0. The van der Waals surface area contributed by atoms with Gasteiger partial charge in [0.05, 0.1) is 12.7 Å². The van der Waals surface area contributed by atoms with Gasteiger partial charge in [-0.1, -0.05) is 38.1 Å². The third kappa shape index (κ3) is 2.13. The monoisotopic (exact) mass is 220 g/mol. The normalized spacial score (nSPS) is 29.6. The molecule has 88 valence electrons. The topological polar surface area (TPSA) is 18.5 Å². The van der Waals surface area contributed by atoms with Crippen LogP contribution in [0, 0.1) is 0 Å². The summed E-state index contributed by atoms with van der Waals surface area (Å²) in [5.74, 6) is -0.550. The lowest BCUT2D eigenvalue weighted by Crippen LogP contribution is -2.23. The molecule has 0 amide bonds. The highest BCUT2D eigenvalue weighted by atomic mass is 16.7. The Morgan fingerprint density at radius 2 is 2.19 bits per heavy atom. The largest absolute Gasteiger partial charge is 0.343 e. The molecule has 1 fully saturated rings. The minimum Gasteiger partial charge on any atom is -0.343 e. The number of benzene rings is 1. The summed E-state index contributed by atoms with van der Waals surface area (Å²) in [6.45, 7) is 7.00. The summed E-state index contributed by atoms with van der Waals surface area (Å²) in [6, 6.07) is 8.47. The molecule has 1 aromatic rings. The fourth-order valence-electron chi connectivity index (χ4n) is 2.06. The summed E-state index contributed by atoms with van der Waals surface area (Å²) < 4.78 is 11.8. The number of hydrogen-bond acceptors (Lipinski definition) is 2. The Labute approximate surface area is 97.6 Å². The van der Waals surface area contributed by atoms with Crippen molar-refractivity contribution in [3.05, 3.63) is 35.4 Å². The van der Waals surface area contributed by atoms with Gasteiger partial charge >= 0.3 is 0 Å². The van der Waals surface area contributed by atoms with E-state index in [2.05, 4.69) is 38.1 Å². The second-order valence-electron chi connectivity index (χ2n) is 4.46. The number of aryl methyl sites for hydroxylation is 1. The zero-order valence-electron chi connectivity index (χ0n) is 10.3. The molecular formula is C14H20O2. The molecule has 0 aliphatic carbocycles. The van der Waals surface area contributed by atoms with Crippen molar-refractivity contribution in [3.8, 4) is 0 Å². The van der Waals surface area contributed by atoms with Gasteiger partial charge in [-0.05, 0) is 25.3 Å². The molecule has 2 atom stereocenters. The maximum atomic E-state index is 5.96. The van der Waals surface area contributed by atoms with Crippen molar-refractivity contribution in [2.45, 2.75) is 45.5 Å². The summed E-state index contributed by atoms with van der Waals surface area (Å²) in [6.07, 6.45) is 2.28. The molecule has 0 radical (unpaired) electrons. The Morgan fingerprint density at radius 3 is 2.81 bits per heavy atom. The molecule has 0 bridgehead atoms. The molecule has 1 aromatic carbocycles. The molecule has 2 rings (SSSR count). The van der Waals surface area contributed by atoms with Gasteiger partial charge in [-0.3, -0.25) is 0 Å². The minimum absolute atomic E-state index is 0.232. The Hall–Kier alpha value is -0.860. The van der Waals surface area contributed by atoms with Crippen molar-refractivity contribution >= 4 is 0 Å². The first-order chi connectivity index (χ1) is 7.68. The molecule has 0 aromatic heterocycles. The van der Waals surface area contributed by atoms with Gasteiger partial charge in [-0.15, -0.1) is 0 Å². The van der Waals surface area contributed by atoms with E-state index in [4.69, 9.17) is 9.47 Å². The molecule has 2 unspecified atom stereocenters. The molecule has 1 aliphatic heterocycles. The quantitative estimate of drug-likeness (QED) is 0.778. The van der Waals surface area contributed by atoms with Crippen molar-refractivity contribution < 1.29 is 9.47 Å². The summed E-state index contributed by atoms with van der Waals surface area (Å²) in [5.41, 5.74) is 2.45. The lowest BCUT2D eigenvalue weighted by atomic mass is 10.0. The first-order valence-corrected chi connectivity index (χ1v) is 6.09. The SMILES string of the molecule is CCc1cccc(C2(C)OCC(CC)O2)c1. The van der Waals surface area contributed by atoms with Crippen LogP contribution in [0.2, 0.25) is 0 Å².